The van der Waals surface area contributed by atoms with Crippen LogP contribution in [0.5, 0.6) is 0 Å². The third-order valence-electron chi connectivity index (χ3n) is 2.88. The van der Waals surface area contributed by atoms with Crippen LogP contribution in [-0.2, 0) is 13.6 Å². The fourth-order valence-corrected chi connectivity index (χ4v) is 1.98. The number of rotatable bonds is 4. The van der Waals surface area contributed by atoms with Crippen molar-refractivity contribution >= 4 is 11.0 Å². The molecule has 0 aliphatic heterocycles. The first-order valence-electron chi connectivity index (χ1n) is 6.00. The van der Waals surface area contributed by atoms with Gasteiger partial charge in [-0.25, -0.2) is 4.98 Å². The van der Waals surface area contributed by atoms with Crippen LogP contribution >= 0.6 is 0 Å². The summed E-state index contributed by atoms with van der Waals surface area (Å²) in [6, 6.07) is 2.18. The molecule has 0 amide bonds. The third kappa shape index (κ3) is 2.80. The lowest BCUT2D eigenvalue weighted by atomic mass is 10.2. The van der Waals surface area contributed by atoms with Crippen molar-refractivity contribution in [2.75, 3.05) is 13.6 Å². The van der Waals surface area contributed by atoms with Gasteiger partial charge in [0.25, 0.3) is 5.56 Å². The Bertz CT molecular complexity index is 680. The molecular weight excluding hydrogens is 244 g/mol. The minimum absolute atomic E-state index is 0.0582. The summed E-state index contributed by atoms with van der Waals surface area (Å²) in [5.74, 6) is 0.519. The molecule has 0 radical (unpaired) electrons. The number of aromatic amines is 1. The number of fused-ring (bicyclic) bond motifs is 1. The molecule has 0 saturated carbocycles. The lowest BCUT2D eigenvalue weighted by Crippen LogP contribution is -2.26. The number of aryl methyl sites for hydroxylation is 1. The van der Waals surface area contributed by atoms with E-state index in [-0.39, 0.29) is 11.5 Å². The topological polar surface area (TPSA) is 90.6 Å². The predicted octanol–water partition coefficient (Wildman–Crippen LogP) is 0.248. The molecule has 1 N–H and O–H groups in total. The Labute approximate surface area is 110 Å². The van der Waals surface area contributed by atoms with Crippen molar-refractivity contribution < 1.29 is 0 Å². The second-order valence-corrected chi connectivity index (χ2v) is 4.74. The van der Waals surface area contributed by atoms with Crippen LogP contribution in [0.15, 0.2) is 11.0 Å². The summed E-state index contributed by atoms with van der Waals surface area (Å²) < 4.78 is 1.58. The Kier molecular flexibility index (Phi) is 3.62. The van der Waals surface area contributed by atoms with Crippen molar-refractivity contribution in [2.24, 2.45) is 13.0 Å². The minimum atomic E-state index is -0.185. The molecule has 0 aliphatic rings. The lowest BCUT2D eigenvalue weighted by molar-refractivity contribution is 0.296. The summed E-state index contributed by atoms with van der Waals surface area (Å²) in [7, 11) is 3.64. The van der Waals surface area contributed by atoms with E-state index in [2.05, 4.69) is 21.1 Å². The number of aromatic nitrogens is 4. The Morgan fingerprint density at radius 2 is 2.37 bits per heavy atom. The van der Waals surface area contributed by atoms with Gasteiger partial charge in [0.05, 0.1) is 24.7 Å². The maximum Gasteiger partial charge on any atom is 0.262 e. The highest BCUT2D eigenvalue weighted by atomic mass is 16.1. The molecule has 2 heterocycles. The SMILES string of the molecule is C[C@H](C#N)CN(C)Cc1nc2c(cnn2C)c(=O)[nH]1. The highest BCUT2D eigenvalue weighted by Crippen LogP contribution is 2.06. The molecule has 100 valence electrons. The number of nitrogens with one attached hydrogen (secondary N) is 1. The van der Waals surface area contributed by atoms with Crippen LogP contribution in [0.1, 0.15) is 12.7 Å². The Morgan fingerprint density at radius 1 is 1.63 bits per heavy atom. The molecule has 0 aliphatic carbocycles. The summed E-state index contributed by atoms with van der Waals surface area (Å²) in [5.41, 5.74) is 0.385. The van der Waals surface area contributed by atoms with E-state index in [0.717, 1.165) is 0 Å². The molecule has 2 aromatic rings. The largest absolute Gasteiger partial charge is 0.309 e. The molecule has 0 spiro atoms. The minimum Gasteiger partial charge on any atom is -0.309 e. The van der Waals surface area contributed by atoms with Crippen molar-refractivity contribution in [3.63, 3.8) is 0 Å². The monoisotopic (exact) mass is 260 g/mol. The Hall–Kier alpha value is -2.20. The van der Waals surface area contributed by atoms with E-state index in [9.17, 15) is 4.79 Å². The standard InChI is InChI=1S/C12H16N6O/c1-8(4-13)6-17(2)7-10-15-11-9(12(19)16-10)5-14-18(11)3/h5,8H,6-7H2,1-3H3,(H,15,16,19)/t8-/m1/s1. The summed E-state index contributed by atoms with van der Waals surface area (Å²) in [4.78, 5) is 20.9. The third-order valence-corrected chi connectivity index (χ3v) is 2.88. The van der Waals surface area contributed by atoms with Gasteiger partial charge in [-0.15, -0.1) is 0 Å². The van der Waals surface area contributed by atoms with Crippen molar-refractivity contribution in [3.8, 4) is 6.07 Å². The van der Waals surface area contributed by atoms with E-state index in [0.29, 0.717) is 29.9 Å². The quantitative estimate of drug-likeness (QED) is 0.850. The number of nitrogens with zero attached hydrogens (tertiary/aromatic N) is 5. The van der Waals surface area contributed by atoms with E-state index in [1.165, 1.54) is 6.20 Å². The number of hydrogen-bond donors (Lipinski definition) is 1. The fourth-order valence-electron chi connectivity index (χ4n) is 1.98. The molecule has 2 aromatic heterocycles. The molecule has 0 aromatic carbocycles. The van der Waals surface area contributed by atoms with Crippen molar-refractivity contribution in [1.29, 1.82) is 5.26 Å². The van der Waals surface area contributed by atoms with E-state index >= 15 is 0 Å². The summed E-state index contributed by atoms with van der Waals surface area (Å²) in [5, 5.41) is 13.3. The van der Waals surface area contributed by atoms with Crippen molar-refractivity contribution in [3.05, 3.63) is 22.4 Å². The zero-order valence-corrected chi connectivity index (χ0v) is 11.2. The lowest BCUT2D eigenvalue weighted by Gasteiger charge is -2.16. The van der Waals surface area contributed by atoms with E-state index in [1.807, 2.05) is 18.9 Å². The van der Waals surface area contributed by atoms with Gasteiger partial charge in [0, 0.05) is 13.6 Å². The van der Waals surface area contributed by atoms with E-state index in [1.54, 1.807) is 11.7 Å². The van der Waals surface area contributed by atoms with Gasteiger partial charge >= 0.3 is 0 Å². The van der Waals surface area contributed by atoms with Crippen molar-refractivity contribution in [1.82, 2.24) is 24.6 Å². The molecule has 0 bridgehead atoms. The smallest absolute Gasteiger partial charge is 0.262 e. The molecule has 7 nitrogen and oxygen atoms in total. The second-order valence-electron chi connectivity index (χ2n) is 4.74. The molecule has 0 unspecified atom stereocenters. The maximum atomic E-state index is 11.9. The van der Waals surface area contributed by atoms with Crippen LogP contribution in [0.4, 0.5) is 0 Å². The number of hydrogen-bond acceptors (Lipinski definition) is 5. The van der Waals surface area contributed by atoms with Gasteiger partial charge in [-0.3, -0.25) is 14.4 Å². The molecule has 2 rings (SSSR count). The van der Waals surface area contributed by atoms with Crippen LogP contribution in [0.25, 0.3) is 11.0 Å². The summed E-state index contributed by atoms with van der Waals surface area (Å²) >= 11 is 0. The average molecular weight is 260 g/mol. The van der Waals surface area contributed by atoms with Gasteiger partial charge in [-0.2, -0.15) is 10.4 Å². The molecular formula is C12H16N6O. The predicted molar refractivity (Wildman–Crippen MR) is 70.2 cm³/mol. The van der Waals surface area contributed by atoms with Crippen molar-refractivity contribution in [2.45, 2.75) is 13.5 Å². The first-order chi connectivity index (χ1) is 9.01. The van der Waals surface area contributed by atoms with Crippen LogP contribution in [-0.4, -0.2) is 38.2 Å². The van der Waals surface area contributed by atoms with Gasteiger partial charge in [-0.1, -0.05) is 0 Å². The molecule has 7 heteroatoms. The van der Waals surface area contributed by atoms with Gasteiger partial charge in [0.15, 0.2) is 5.65 Å². The van der Waals surface area contributed by atoms with Gasteiger partial charge < -0.3 is 4.98 Å². The maximum absolute atomic E-state index is 11.9. The summed E-state index contributed by atoms with van der Waals surface area (Å²) in [6.07, 6.45) is 1.51. The van der Waals surface area contributed by atoms with E-state index in [4.69, 9.17) is 5.26 Å². The number of H-pyrrole nitrogens is 1. The van der Waals surface area contributed by atoms with Gasteiger partial charge in [0.2, 0.25) is 0 Å². The molecule has 0 fully saturated rings. The second kappa shape index (κ2) is 5.20. The zero-order chi connectivity index (χ0) is 14.0. The molecule has 0 saturated heterocycles. The first kappa shape index (κ1) is 13.2. The fraction of sp³-hybridized carbons (Fsp3) is 0.500. The highest BCUT2D eigenvalue weighted by molar-refractivity contribution is 5.72. The normalized spacial score (nSPS) is 12.8. The van der Waals surface area contributed by atoms with Gasteiger partial charge in [-0.05, 0) is 14.0 Å². The molecule has 19 heavy (non-hydrogen) atoms. The van der Waals surface area contributed by atoms with Crippen LogP contribution in [0, 0.1) is 17.2 Å². The first-order valence-corrected chi connectivity index (χ1v) is 6.00. The van der Waals surface area contributed by atoms with E-state index < -0.39 is 0 Å². The Balaban J connectivity index is 2.24. The Morgan fingerprint density at radius 3 is 3.05 bits per heavy atom. The van der Waals surface area contributed by atoms with Crippen LogP contribution in [0.3, 0.4) is 0 Å². The highest BCUT2D eigenvalue weighted by Gasteiger charge is 2.11. The number of nitriles is 1. The average Bonchev–Trinajstić information content (AvgIpc) is 2.71. The van der Waals surface area contributed by atoms with Gasteiger partial charge in [0.1, 0.15) is 11.2 Å². The zero-order valence-electron chi connectivity index (χ0n) is 11.2. The molecule has 1 atom stereocenters. The van der Waals surface area contributed by atoms with Crippen LogP contribution < -0.4 is 5.56 Å². The summed E-state index contributed by atoms with van der Waals surface area (Å²) in [6.45, 7) is 2.98. The van der Waals surface area contributed by atoms with Crippen LogP contribution in [0.2, 0.25) is 0 Å².